The lowest BCUT2D eigenvalue weighted by Crippen LogP contribution is -2.11. The molecule has 0 spiro atoms. The summed E-state index contributed by atoms with van der Waals surface area (Å²) < 4.78 is 5.61. The van der Waals surface area contributed by atoms with Gasteiger partial charge in [-0.15, -0.1) is 10.2 Å². The predicted molar refractivity (Wildman–Crippen MR) is 67.9 cm³/mol. The average Bonchev–Trinajstić information content (AvgIpc) is 2.65. The number of nitrogen functional groups attached to an aromatic ring is 1. The first-order valence-electron chi connectivity index (χ1n) is 5.27. The van der Waals surface area contributed by atoms with Crippen molar-refractivity contribution in [1.29, 1.82) is 0 Å². The Kier molecular flexibility index (Phi) is 2.83. The predicted octanol–water partition coefficient (Wildman–Crippen LogP) is 3.27. The molecule has 90 valence electrons. The van der Waals surface area contributed by atoms with Gasteiger partial charge < -0.3 is 10.2 Å². The van der Waals surface area contributed by atoms with Gasteiger partial charge in [0, 0.05) is 16.1 Å². The first-order chi connectivity index (χ1) is 7.88. The third-order valence-electron chi connectivity index (χ3n) is 2.31. The SMILES string of the molecule is CC(C)(C)c1nnc(-c2ccc(Cl)cc2N)o1. The van der Waals surface area contributed by atoms with Gasteiger partial charge >= 0.3 is 0 Å². The summed E-state index contributed by atoms with van der Waals surface area (Å²) in [7, 11) is 0. The molecule has 0 bridgehead atoms. The van der Waals surface area contributed by atoms with Crippen LogP contribution >= 0.6 is 11.6 Å². The molecule has 5 heteroatoms. The van der Waals surface area contributed by atoms with E-state index in [1.54, 1.807) is 18.2 Å². The summed E-state index contributed by atoms with van der Waals surface area (Å²) in [6.45, 7) is 6.03. The summed E-state index contributed by atoms with van der Waals surface area (Å²) in [4.78, 5) is 0. The Morgan fingerprint density at radius 2 is 1.94 bits per heavy atom. The lowest BCUT2D eigenvalue weighted by atomic mass is 9.97. The van der Waals surface area contributed by atoms with E-state index < -0.39 is 0 Å². The first-order valence-corrected chi connectivity index (χ1v) is 5.65. The average molecular weight is 252 g/mol. The quantitative estimate of drug-likeness (QED) is 0.790. The van der Waals surface area contributed by atoms with Gasteiger partial charge in [-0.2, -0.15) is 0 Å². The van der Waals surface area contributed by atoms with Crippen molar-refractivity contribution in [1.82, 2.24) is 10.2 Å². The van der Waals surface area contributed by atoms with Crippen molar-refractivity contribution in [2.24, 2.45) is 0 Å². The second kappa shape index (κ2) is 4.04. The fourth-order valence-electron chi connectivity index (χ4n) is 1.36. The fraction of sp³-hybridized carbons (Fsp3) is 0.333. The first kappa shape index (κ1) is 11.9. The molecule has 0 unspecified atom stereocenters. The molecule has 17 heavy (non-hydrogen) atoms. The van der Waals surface area contributed by atoms with Crippen LogP contribution in [-0.2, 0) is 5.41 Å². The number of anilines is 1. The van der Waals surface area contributed by atoms with E-state index in [0.29, 0.717) is 28.1 Å². The monoisotopic (exact) mass is 251 g/mol. The highest BCUT2D eigenvalue weighted by Crippen LogP contribution is 2.30. The van der Waals surface area contributed by atoms with Gasteiger partial charge in [0.25, 0.3) is 0 Å². The van der Waals surface area contributed by atoms with Crippen LogP contribution in [0.4, 0.5) is 5.69 Å². The maximum atomic E-state index is 5.86. The van der Waals surface area contributed by atoms with E-state index in [9.17, 15) is 0 Å². The van der Waals surface area contributed by atoms with Gasteiger partial charge in [-0.1, -0.05) is 32.4 Å². The lowest BCUT2D eigenvalue weighted by Gasteiger charge is -2.11. The highest BCUT2D eigenvalue weighted by Gasteiger charge is 2.22. The molecule has 0 amide bonds. The highest BCUT2D eigenvalue weighted by molar-refractivity contribution is 6.31. The minimum absolute atomic E-state index is 0.174. The molecule has 0 fully saturated rings. The van der Waals surface area contributed by atoms with Gasteiger partial charge in [-0.3, -0.25) is 0 Å². The van der Waals surface area contributed by atoms with E-state index in [1.165, 1.54) is 0 Å². The Hall–Kier alpha value is -1.55. The molecule has 0 saturated heterocycles. The van der Waals surface area contributed by atoms with E-state index in [4.69, 9.17) is 21.8 Å². The van der Waals surface area contributed by atoms with Crippen LogP contribution in [0, 0.1) is 0 Å². The highest BCUT2D eigenvalue weighted by atomic mass is 35.5. The van der Waals surface area contributed by atoms with Gasteiger partial charge in [0.05, 0.1) is 5.56 Å². The molecule has 0 aliphatic rings. The normalized spacial score (nSPS) is 11.8. The largest absolute Gasteiger partial charge is 0.420 e. The lowest BCUT2D eigenvalue weighted by molar-refractivity contribution is 0.399. The van der Waals surface area contributed by atoms with E-state index in [-0.39, 0.29) is 5.41 Å². The van der Waals surface area contributed by atoms with Crippen molar-refractivity contribution >= 4 is 17.3 Å². The maximum absolute atomic E-state index is 5.86. The fourth-order valence-corrected chi connectivity index (χ4v) is 1.54. The van der Waals surface area contributed by atoms with Crippen LogP contribution in [-0.4, -0.2) is 10.2 Å². The van der Waals surface area contributed by atoms with Crippen LogP contribution in [0.1, 0.15) is 26.7 Å². The zero-order chi connectivity index (χ0) is 12.6. The van der Waals surface area contributed by atoms with E-state index >= 15 is 0 Å². The van der Waals surface area contributed by atoms with Crippen molar-refractivity contribution in [2.75, 3.05) is 5.73 Å². The summed E-state index contributed by atoms with van der Waals surface area (Å²) in [5.41, 5.74) is 6.92. The number of hydrogen-bond donors (Lipinski definition) is 1. The van der Waals surface area contributed by atoms with Crippen LogP contribution in [0.25, 0.3) is 11.5 Å². The van der Waals surface area contributed by atoms with Crippen molar-refractivity contribution in [2.45, 2.75) is 26.2 Å². The molecule has 2 aromatic rings. The summed E-state index contributed by atoms with van der Waals surface area (Å²) in [5.74, 6) is 1.01. The number of halogens is 1. The Bertz CT molecular complexity index is 543. The molecular weight excluding hydrogens is 238 g/mol. The molecule has 0 saturated carbocycles. The molecule has 2 rings (SSSR count). The molecule has 4 nitrogen and oxygen atoms in total. The number of nitrogens with two attached hydrogens (primary N) is 1. The summed E-state index contributed by atoms with van der Waals surface area (Å²) in [6, 6.07) is 5.18. The topological polar surface area (TPSA) is 64.9 Å². The molecule has 0 radical (unpaired) electrons. The van der Waals surface area contributed by atoms with Gasteiger partial charge in [-0.05, 0) is 18.2 Å². The second-order valence-electron chi connectivity index (χ2n) is 4.89. The molecule has 1 heterocycles. The van der Waals surface area contributed by atoms with Crippen LogP contribution in [0.2, 0.25) is 5.02 Å². The van der Waals surface area contributed by atoms with Gasteiger partial charge in [0.15, 0.2) is 0 Å². The molecule has 0 atom stereocenters. The van der Waals surface area contributed by atoms with Crippen LogP contribution in [0.5, 0.6) is 0 Å². The van der Waals surface area contributed by atoms with Crippen LogP contribution in [0.3, 0.4) is 0 Å². The zero-order valence-electron chi connectivity index (χ0n) is 9.99. The minimum atomic E-state index is -0.174. The van der Waals surface area contributed by atoms with Gasteiger partial charge in [0.1, 0.15) is 0 Å². The van der Waals surface area contributed by atoms with Crippen molar-refractivity contribution in [3.8, 4) is 11.5 Å². The number of nitrogens with zero attached hydrogens (tertiary/aromatic N) is 2. The number of benzene rings is 1. The molecule has 2 N–H and O–H groups in total. The van der Waals surface area contributed by atoms with Crippen molar-refractivity contribution in [3.63, 3.8) is 0 Å². The van der Waals surface area contributed by atoms with Gasteiger partial charge in [0.2, 0.25) is 11.8 Å². The van der Waals surface area contributed by atoms with Crippen LogP contribution in [0.15, 0.2) is 22.6 Å². The van der Waals surface area contributed by atoms with E-state index in [0.717, 1.165) is 0 Å². The zero-order valence-corrected chi connectivity index (χ0v) is 10.7. The standard InChI is InChI=1S/C12H14ClN3O/c1-12(2,3)11-16-15-10(17-11)8-5-4-7(13)6-9(8)14/h4-6H,14H2,1-3H3. The van der Waals surface area contributed by atoms with E-state index in [1.807, 2.05) is 20.8 Å². The molecule has 1 aromatic carbocycles. The van der Waals surface area contributed by atoms with E-state index in [2.05, 4.69) is 10.2 Å². The third-order valence-corrected chi connectivity index (χ3v) is 2.55. The minimum Gasteiger partial charge on any atom is -0.420 e. The number of aromatic nitrogens is 2. The number of hydrogen-bond acceptors (Lipinski definition) is 4. The van der Waals surface area contributed by atoms with Crippen LogP contribution < -0.4 is 5.73 Å². The Morgan fingerprint density at radius 3 is 2.47 bits per heavy atom. The Labute approximate surface area is 105 Å². The molecular formula is C12H14ClN3O. The third kappa shape index (κ3) is 2.42. The summed E-state index contributed by atoms with van der Waals surface area (Å²) >= 11 is 5.84. The van der Waals surface area contributed by atoms with Gasteiger partial charge in [-0.25, -0.2) is 0 Å². The second-order valence-corrected chi connectivity index (χ2v) is 5.33. The summed E-state index contributed by atoms with van der Waals surface area (Å²) in [5, 5.41) is 8.61. The summed E-state index contributed by atoms with van der Waals surface area (Å²) in [6.07, 6.45) is 0. The Morgan fingerprint density at radius 1 is 1.24 bits per heavy atom. The molecule has 0 aliphatic heterocycles. The Balaban J connectivity index is 2.44. The molecule has 1 aromatic heterocycles. The number of rotatable bonds is 1. The van der Waals surface area contributed by atoms with Crippen molar-refractivity contribution < 1.29 is 4.42 Å². The van der Waals surface area contributed by atoms with Crippen molar-refractivity contribution in [3.05, 3.63) is 29.1 Å². The smallest absolute Gasteiger partial charge is 0.249 e. The maximum Gasteiger partial charge on any atom is 0.249 e. The molecule has 0 aliphatic carbocycles.